The van der Waals surface area contributed by atoms with Crippen molar-refractivity contribution >= 4 is 39.1 Å². The normalized spacial score (nSPS) is 14.5. The first-order valence-electron chi connectivity index (χ1n) is 11.5. The molecule has 184 valence electrons. The minimum absolute atomic E-state index is 0.211. The number of nitrogens with zero attached hydrogens (tertiary/aromatic N) is 2. The van der Waals surface area contributed by atoms with Crippen LogP contribution in [-0.2, 0) is 10.0 Å². The van der Waals surface area contributed by atoms with Crippen molar-refractivity contribution in [2.24, 2.45) is 0 Å². The first kappa shape index (κ1) is 25.1. The molecule has 0 aliphatic carbocycles. The first-order chi connectivity index (χ1) is 16.9. The number of piperazine rings is 1. The van der Waals surface area contributed by atoms with E-state index in [2.05, 4.69) is 10.2 Å². The molecule has 1 saturated heterocycles. The van der Waals surface area contributed by atoms with Crippen LogP contribution in [0.5, 0.6) is 5.75 Å². The number of sulfonamides is 1. The minimum Gasteiger partial charge on any atom is -0.495 e. The minimum atomic E-state index is -3.64. The van der Waals surface area contributed by atoms with E-state index in [4.69, 9.17) is 4.74 Å². The molecule has 3 aromatic rings. The van der Waals surface area contributed by atoms with Gasteiger partial charge in [0.25, 0.3) is 5.91 Å². The number of thioether (sulfide) groups is 1. The summed E-state index contributed by atoms with van der Waals surface area (Å²) in [6.07, 6.45) is 0. The fourth-order valence-corrected chi connectivity index (χ4v) is 6.28. The van der Waals surface area contributed by atoms with Crippen LogP contribution in [0.1, 0.15) is 17.3 Å². The van der Waals surface area contributed by atoms with Crippen molar-refractivity contribution in [2.75, 3.05) is 49.3 Å². The van der Waals surface area contributed by atoms with Gasteiger partial charge in [0.15, 0.2) is 0 Å². The standard InChI is InChI=1S/C26H29N3O4S2/c1-3-34-25-11-7-4-8-22(25)26(30)27-20-12-14-21(15-13-20)35(31,32)29-18-16-28(17-19-29)23-9-5-6-10-24(23)33-2/h4-15H,3,16-19H2,1-2H3,(H,27,30). The SMILES string of the molecule is CCSc1ccccc1C(=O)Nc1ccc(S(=O)(=O)N2CCN(c3ccccc3OC)CC2)cc1. The summed E-state index contributed by atoms with van der Waals surface area (Å²) in [4.78, 5) is 16.0. The molecular formula is C26H29N3O4S2. The molecule has 1 heterocycles. The van der Waals surface area contributed by atoms with E-state index in [0.717, 1.165) is 22.1 Å². The van der Waals surface area contributed by atoms with Crippen molar-refractivity contribution in [3.8, 4) is 5.75 Å². The molecule has 0 aromatic heterocycles. The number of benzene rings is 3. The van der Waals surface area contributed by atoms with Gasteiger partial charge in [0.1, 0.15) is 5.75 Å². The van der Waals surface area contributed by atoms with E-state index in [0.29, 0.717) is 37.4 Å². The predicted octanol–water partition coefficient (Wildman–Crippen LogP) is 4.57. The molecule has 0 saturated carbocycles. The lowest BCUT2D eigenvalue weighted by atomic mass is 10.2. The number of para-hydroxylation sites is 2. The van der Waals surface area contributed by atoms with Crippen molar-refractivity contribution in [3.63, 3.8) is 0 Å². The van der Waals surface area contributed by atoms with Gasteiger partial charge in [-0.2, -0.15) is 4.31 Å². The van der Waals surface area contributed by atoms with Crippen LogP contribution in [0.15, 0.2) is 82.6 Å². The van der Waals surface area contributed by atoms with Crippen LogP contribution in [0.3, 0.4) is 0 Å². The molecule has 0 atom stereocenters. The highest BCUT2D eigenvalue weighted by Gasteiger charge is 2.29. The Morgan fingerprint density at radius 2 is 1.60 bits per heavy atom. The third-order valence-corrected chi connectivity index (χ3v) is 8.71. The van der Waals surface area contributed by atoms with Gasteiger partial charge in [-0.1, -0.05) is 31.2 Å². The highest BCUT2D eigenvalue weighted by Crippen LogP contribution is 2.29. The van der Waals surface area contributed by atoms with Crippen LogP contribution in [0.4, 0.5) is 11.4 Å². The number of rotatable bonds is 8. The maximum atomic E-state index is 13.2. The van der Waals surface area contributed by atoms with Crippen LogP contribution in [0.2, 0.25) is 0 Å². The second kappa shape index (κ2) is 11.2. The maximum absolute atomic E-state index is 13.2. The number of methoxy groups -OCH3 is 1. The van der Waals surface area contributed by atoms with Crippen molar-refractivity contribution in [3.05, 3.63) is 78.4 Å². The Hall–Kier alpha value is -3.01. The average molecular weight is 512 g/mol. The summed E-state index contributed by atoms with van der Waals surface area (Å²) in [5, 5.41) is 2.87. The Morgan fingerprint density at radius 1 is 0.943 bits per heavy atom. The lowest BCUT2D eigenvalue weighted by Gasteiger charge is -2.35. The predicted molar refractivity (Wildman–Crippen MR) is 141 cm³/mol. The third kappa shape index (κ3) is 5.63. The molecule has 1 amide bonds. The smallest absolute Gasteiger partial charge is 0.256 e. The lowest BCUT2D eigenvalue weighted by Crippen LogP contribution is -2.48. The molecule has 35 heavy (non-hydrogen) atoms. The third-order valence-electron chi connectivity index (χ3n) is 5.85. The zero-order chi connectivity index (χ0) is 24.8. The summed E-state index contributed by atoms with van der Waals surface area (Å²) in [5.74, 6) is 1.42. The van der Waals surface area contributed by atoms with Gasteiger partial charge in [0.2, 0.25) is 10.0 Å². The molecule has 4 rings (SSSR count). The van der Waals surface area contributed by atoms with Crippen LogP contribution in [-0.4, -0.2) is 57.7 Å². The van der Waals surface area contributed by atoms with Gasteiger partial charge in [-0.15, -0.1) is 11.8 Å². The Morgan fingerprint density at radius 3 is 2.29 bits per heavy atom. The van der Waals surface area contributed by atoms with Crippen molar-refractivity contribution in [1.29, 1.82) is 0 Å². The molecule has 0 spiro atoms. The van der Waals surface area contributed by atoms with E-state index in [9.17, 15) is 13.2 Å². The highest BCUT2D eigenvalue weighted by molar-refractivity contribution is 7.99. The molecule has 1 aliphatic heterocycles. The second-order valence-corrected chi connectivity index (χ2v) is 11.2. The first-order valence-corrected chi connectivity index (χ1v) is 13.9. The molecule has 0 radical (unpaired) electrons. The molecule has 1 N–H and O–H groups in total. The molecule has 9 heteroatoms. The summed E-state index contributed by atoms with van der Waals surface area (Å²) in [5.41, 5.74) is 2.11. The van der Waals surface area contributed by atoms with Crippen molar-refractivity contribution in [2.45, 2.75) is 16.7 Å². The Kier molecular flexibility index (Phi) is 8.00. The number of ether oxygens (including phenoxy) is 1. The number of hydrogen-bond donors (Lipinski definition) is 1. The van der Waals surface area contributed by atoms with E-state index in [-0.39, 0.29) is 10.8 Å². The number of amides is 1. The van der Waals surface area contributed by atoms with Crippen LogP contribution >= 0.6 is 11.8 Å². The summed E-state index contributed by atoms with van der Waals surface area (Å²) in [7, 11) is -2.00. The van der Waals surface area contributed by atoms with E-state index in [1.807, 2.05) is 49.4 Å². The van der Waals surface area contributed by atoms with Gasteiger partial charge < -0.3 is 15.0 Å². The maximum Gasteiger partial charge on any atom is 0.256 e. The largest absolute Gasteiger partial charge is 0.495 e. The van der Waals surface area contributed by atoms with Crippen LogP contribution in [0.25, 0.3) is 0 Å². The van der Waals surface area contributed by atoms with Gasteiger partial charge in [-0.3, -0.25) is 4.79 Å². The average Bonchev–Trinajstić information content (AvgIpc) is 2.89. The van der Waals surface area contributed by atoms with Crippen LogP contribution in [0, 0.1) is 0 Å². The molecule has 0 unspecified atom stereocenters. The Balaban J connectivity index is 1.41. The molecule has 0 bridgehead atoms. The molecular weight excluding hydrogens is 482 g/mol. The van der Waals surface area contributed by atoms with E-state index in [1.165, 1.54) is 4.31 Å². The Bertz CT molecular complexity index is 1270. The second-order valence-electron chi connectivity index (χ2n) is 7.97. The quantitative estimate of drug-likeness (QED) is 0.447. The summed E-state index contributed by atoms with van der Waals surface area (Å²) in [6.45, 7) is 3.94. The Labute approximate surface area is 211 Å². The number of anilines is 2. The lowest BCUT2D eigenvalue weighted by molar-refractivity contribution is 0.102. The topological polar surface area (TPSA) is 79.0 Å². The van der Waals surface area contributed by atoms with E-state index >= 15 is 0 Å². The number of carbonyl (C=O) groups is 1. The van der Waals surface area contributed by atoms with Crippen LogP contribution < -0.4 is 15.0 Å². The monoisotopic (exact) mass is 511 g/mol. The molecule has 1 aliphatic rings. The van der Waals surface area contributed by atoms with E-state index < -0.39 is 10.0 Å². The van der Waals surface area contributed by atoms with Gasteiger partial charge in [0, 0.05) is 36.8 Å². The summed E-state index contributed by atoms with van der Waals surface area (Å²) in [6, 6.07) is 21.5. The number of hydrogen-bond acceptors (Lipinski definition) is 6. The fraction of sp³-hybridized carbons (Fsp3) is 0.269. The molecule has 7 nitrogen and oxygen atoms in total. The number of nitrogens with one attached hydrogen (secondary N) is 1. The summed E-state index contributed by atoms with van der Waals surface area (Å²) >= 11 is 1.61. The fourth-order valence-electron chi connectivity index (χ4n) is 4.05. The van der Waals surface area contributed by atoms with Gasteiger partial charge in [-0.05, 0) is 54.3 Å². The zero-order valence-corrected chi connectivity index (χ0v) is 21.4. The van der Waals surface area contributed by atoms with Crippen molar-refractivity contribution < 1.29 is 17.9 Å². The van der Waals surface area contributed by atoms with Gasteiger partial charge in [0.05, 0.1) is 23.3 Å². The van der Waals surface area contributed by atoms with Gasteiger partial charge in [-0.25, -0.2) is 8.42 Å². The molecule has 1 fully saturated rings. The van der Waals surface area contributed by atoms with Gasteiger partial charge >= 0.3 is 0 Å². The highest BCUT2D eigenvalue weighted by atomic mass is 32.2. The number of carbonyl (C=O) groups excluding carboxylic acids is 1. The summed E-state index contributed by atoms with van der Waals surface area (Å²) < 4.78 is 33.4. The van der Waals surface area contributed by atoms with Crippen molar-refractivity contribution in [1.82, 2.24) is 4.31 Å². The van der Waals surface area contributed by atoms with E-state index in [1.54, 1.807) is 49.2 Å². The zero-order valence-electron chi connectivity index (χ0n) is 19.8. The molecule has 3 aromatic carbocycles.